The average molecular weight is 605 g/mol. The van der Waals surface area contributed by atoms with Crippen LogP contribution in [0.4, 0.5) is 11.4 Å². The van der Waals surface area contributed by atoms with E-state index in [1.54, 1.807) is 29.2 Å². The lowest BCUT2D eigenvalue weighted by atomic mass is 9.55. The van der Waals surface area contributed by atoms with E-state index in [0.717, 1.165) is 38.7 Å². The Labute approximate surface area is 265 Å². The van der Waals surface area contributed by atoms with E-state index in [9.17, 15) is 19.2 Å². The number of amides is 3. The molecular formula is C39H28N2O5. The molecule has 3 amide bonds. The van der Waals surface area contributed by atoms with Crippen molar-refractivity contribution >= 4 is 45.8 Å². The molecular weight excluding hydrogens is 576 g/mol. The molecule has 5 aromatic rings. The Hall–Kier alpha value is -5.56. The van der Waals surface area contributed by atoms with Gasteiger partial charge in [-0.2, -0.15) is 0 Å². The third kappa shape index (κ3) is 3.78. The van der Waals surface area contributed by atoms with Gasteiger partial charge in [-0.3, -0.25) is 19.2 Å². The molecule has 2 bridgehead atoms. The van der Waals surface area contributed by atoms with Crippen molar-refractivity contribution in [2.45, 2.75) is 18.3 Å². The fourth-order valence-corrected chi connectivity index (χ4v) is 8.36. The summed E-state index contributed by atoms with van der Waals surface area (Å²) in [6, 6.07) is 36.5. The predicted octanol–water partition coefficient (Wildman–Crippen LogP) is 6.19. The lowest BCUT2D eigenvalue weighted by Crippen LogP contribution is -2.41. The Balaban J connectivity index is 0.982. The SMILES string of the molecule is O=C(Oc1cccc(N2C(=O)[C@@H]3C4c5ccccc5C(c5ccccc54)[C@@H]3C2=O)c1)[C@@H]1CC(=O)N(c2cccc3ccccc23)C1. The summed E-state index contributed by atoms with van der Waals surface area (Å²) in [7, 11) is 0. The fraction of sp³-hybridized carbons (Fsp3) is 0.179. The topological polar surface area (TPSA) is 84.0 Å². The molecule has 0 spiro atoms. The van der Waals surface area contributed by atoms with Crippen LogP contribution in [0.3, 0.4) is 0 Å². The normalized spacial score (nSPS) is 24.3. The number of rotatable bonds is 4. The molecule has 2 saturated heterocycles. The number of imide groups is 1. The van der Waals surface area contributed by atoms with Crippen LogP contribution >= 0.6 is 0 Å². The molecule has 0 aromatic heterocycles. The maximum absolute atomic E-state index is 14.2. The van der Waals surface area contributed by atoms with Crippen molar-refractivity contribution in [2.75, 3.05) is 16.3 Å². The Morgan fingerprint density at radius 3 is 1.87 bits per heavy atom. The summed E-state index contributed by atoms with van der Waals surface area (Å²) in [5.74, 6) is -2.96. The Morgan fingerprint density at radius 2 is 1.22 bits per heavy atom. The highest BCUT2D eigenvalue weighted by Crippen LogP contribution is 2.61. The van der Waals surface area contributed by atoms with Crippen molar-refractivity contribution in [3.8, 4) is 5.75 Å². The number of esters is 1. The molecule has 5 aromatic carbocycles. The smallest absolute Gasteiger partial charge is 0.316 e. The second-order valence-electron chi connectivity index (χ2n) is 12.6. The van der Waals surface area contributed by atoms with E-state index in [0.29, 0.717) is 5.69 Å². The van der Waals surface area contributed by atoms with Gasteiger partial charge in [-0.1, -0.05) is 91.0 Å². The molecule has 10 rings (SSSR count). The molecule has 2 aliphatic heterocycles. The molecule has 46 heavy (non-hydrogen) atoms. The summed E-state index contributed by atoms with van der Waals surface area (Å²) >= 11 is 0. The number of benzene rings is 5. The van der Waals surface area contributed by atoms with Gasteiger partial charge in [0.2, 0.25) is 17.7 Å². The molecule has 7 nitrogen and oxygen atoms in total. The molecule has 3 atom stereocenters. The van der Waals surface area contributed by atoms with Gasteiger partial charge in [0.1, 0.15) is 5.75 Å². The zero-order chi connectivity index (χ0) is 31.1. The van der Waals surface area contributed by atoms with Crippen molar-refractivity contribution < 1.29 is 23.9 Å². The molecule has 224 valence electrons. The van der Waals surface area contributed by atoms with E-state index in [-0.39, 0.29) is 48.3 Å². The minimum atomic E-state index is -0.652. The van der Waals surface area contributed by atoms with Gasteiger partial charge in [-0.15, -0.1) is 0 Å². The predicted molar refractivity (Wildman–Crippen MR) is 173 cm³/mol. The summed E-state index contributed by atoms with van der Waals surface area (Å²) < 4.78 is 5.80. The monoisotopic (exact) mass is 604 g/mol. The highest BCUT2D eigenvalue weighted by Gasteiger charge is 2.61. The Bertz CT molecular complexity index is 2020. The van der Waals surface area contributed by atoms with Gasteiger partial charge in [0.15, 0.2) is 0 Å². The van der Waals surface area contributed by atoms with Crippen LogP contribution in [-0.2, 0) is 19.2 Å². The Morgan fingerprint density at radius 1 is 0.652 bits per heavy atom. The summed E-state index contributed by atoms with van der Waals surface area (Å²) in [5.41, 5.74) is 5.60. The molecule has 2 fully saturated rings. The van der Waals surface area contributed by atoms with Crippen molar-refractivity contribution in [1.82, 2.24) is 0 Å². The summed E-state index contributed by atoms with van der Waals surface area (Å²) in [4.78, 5) is 57.7. The highest BCUT2D eigenvalue weighted by atomic mass is 16.5. The van der Waals surface area contributed by atoms with Gasteiger partial charge < -0.3 is 9.64 Å². The molecule has 0 radical (unpaired) electrons. The van der Waals surface area contributed by atoms with Gasteiger partial charge in [0, 0.05) is 36.3 Å². The van der Waals surface area contributed by atoms with Crippen LogP contribution in [-0.4, -0.2) is 30.2 Å². The summed E-state index contributed by atoms with van der Waals surface area (Å²) in [5, 5.41) is 1.96. The summed E-state index contributed by atoms with van der Waals surface area (Å²) in [6.07, 6.45) is 0.0398. The van der Waals surface area contributed by atoms with Gasteiger partial charge in [0.05, 0.1) is 29.1 Å². The maximum atomic E-state index is 14.2. The molecule has 0 saturated carbocycles. The van der Waals surface area contributed by atoms with Gasteiger partial charge >= 0.3 is 5.97 Å². The summed E-state index contributed by atoms with van der Waals surface area (Å²) in [6.45, 7) is 0.210. The molecule has 0 N–H and O–H groups in total. The van der Waals surface area contributed by atoms with Gasteiger partial charge in [0.25, 0.3) is 0 Å². The number of anilines is 2. The first kappa shape index (κ1) is 26.8. The van der Waals surface area contributed by atoms with E-state index in [4.69, 9.17) is 4.74 Å². The maximum Gasteiger partial charge on any atom is 0.316 e. The Kier molecular flexibility index (Phi) is 5.81. The van der Waals surface area contributed by atoms with E-state index >= 15 is 0 Å². The number of ether oxygens (including phenoxy) is 1. The van der Waals surface area contributed by atoms with Crippen LogP contribution in [0, 0.1) is 17.8 Å². The molecule has 5 aliphatic rings. The first-order chi connectivity index (χ1) is 22.5. The van der Waals surface area contributed by atoms with Crippen molar-refractivity contribution in [1.29, 1.82) is 0 Å². The largest absolute Gasteiger partial charge is 0.426 e. The third-order valence-corrected chi connectivity index (χ3v) is 10.3. The highest BCUT2D eigenvalue weighted by molar-refractivity contribution is 6.23. The van der Waals surface area contributed by atoms with Crippen LogP contribution in [0.2, 0.25) is 0 Å². The number of hydrogen-bond donors (Lipinski definition) is 0. The average Bonchev–Trinajstić information content (AvgIpc) is 3.61. The fourth-order valence-electron chi connectivity index (χ4n) is 8.36. The first-order valence-electron chi connectivity index (χ1n) is 15.6. The quantitative estimate of drug-likeness (QED) is 0.139. The molecule has 0 unspecified atom stereocenters. The van der Waals surface area contributed by atoms with Crippen LogP contribution in [0.25, 0.3) is 10.8 Å². The second kappa shape index (κ2) is 9.97. The number of fused-ring (bicyclic) bond motifs is 1. The van der Waals surface area contributed by atoms with Crippen molar-refractivity contribution in [3.05, 3.63) is 138 Å². The lowest BCUT2D eigenvalue weighted by molar-refractivity contribution is -0.139. The van der Waals surface area contributed by atoms with E-state index in [1.807, 2.05) is 66.7 Å². The number of nitrogens with zero attached hydrogens (tertiary/aromatic N) is 2. The molecule has 2 heterocycles. The zero-order valence-corrected chi connectivity index (χ0v) is 24.7. The van der Waals surface area contributed by atoms with Crippen molar-refractivity contribution in [3.63, 3.8) is 0 Å². The van der Waals surface area contributed by atoms with Crippen LogP contribution in [0.1, 0.15) is 40.5 Å². The van der Waals surface area contributed by atoms with Crippen LogP contribution in [0.5, 0.6) is 5.75 Å². The molecule has 3 aliphatic carbocycles. The minimum Gasteiger partial charge on any atom is -0.426 e. The number of carbonyl (C=O) groups excluding carboxylic acids is 4. The zero-order valence-electron chi connectivity index (χ0n) is 24.7. The van der Waals surface area contributed by atoms with Crippen molar-refractivity contribution in [2.24, 2.45) is 17.8 Å². The third-order valence-electron chi connectivity index (χ3n) is 10.3. The van der Waals surface area contributed by atoms with Crippen LogP contribution in [0.15, 0.2) is 115 Å². The second-order valence-corrected chi connectivity index (χ2v) is 12.6. The molecule has 7 heteroatoms. The minimum absolute atomic E-state index is 0.0398. The van der Waals surface area contributed by atoms with E-state index in [1.165, 1.54) is 4.90 Å². The van der Waals surface area contributed by atoms with Gasteiger partial charge in [-0.05, 0) is 45.8 Å². The number of hydrogen-bond acceptors (Lipinski definition) is 5. The van der Waals surface area contributed by atoms with Gasteiger partial charge in [-0.25, -0.2) is 4.90 Å². The number of carbonyl (C=O) groups is 4. The van der Waals surface area contributed by atoms with Crippen LogP contribution < -0.4 is 14.5 Å². The van der Waals surface area contributed by atoms with E-state index in [2.05, 4.69) is 24.3 Å². The van der Waals surface area contributed by atoms with E-state index < -0.39 is 23.7 Å². The standard InChI is InChI=1S/C39H28N2O5/c42-32-19-23(21-40(32)31-18-7-10-22-9-1-2-13-26(22)31)39(45)46-25-12-8-11-24(20-25)41-37(43)35-33-27-14-3-4-15-28(27)34(36(35)38(41)44)30-17-6-5-16-29(30)33/h1-18,20,23,33-36H,19,21H2/t23-,33?,34?,35-,36+/m1/s1. The first-order valence-corrected chi connectivity index (χ1v) is 15.6. The lowest BCUT2D eigenvalue weighted by Gasteiger charge is -2.45.